The number of hydrogen-bond donors (Lipinski definition) is 1. The van der Waals surface area contributed by atoms with Gasteiger partial charge in [0.05, 0.1) is 11.5 Å². The maximum Gasteiger partial charge on any atom is 0.287 e. The summed E-state index contributed by atoms with van der Waals surface area (Å²) < 4.78 is 5.85. The van der Waals surface area contributed by atoms with Gasteiger partial charge in [0, 0.05) is 16.7 Å². The van der Waals surface area contributed by atoms with Crippen LogP contribution in [0.4, 0.5) is 5.69 Å². The van der Waals surface area contributed by atoms with E-state index >= 15 is 0 Å². The molecule has 104 valence electrons. The number of nitro groups is 1. The molecule has 0 atom stereocenters. The first kappa shape index (κ1) is 14.8. The van der Waals surface area contributed by atoms with E-state index in [1.165, 1.54) is 12.1 Å². The van der Waals surface area contributed by atoms with Crippen molar-refractivity contribution >= 4 is 33.2 Å². The zero-order valence-corrected chi connectivity index (χ0v) is 12.4. The van der Waals surface area contributed by atoms with Gasteiger partial charge in [0.15, 0.2) is 0 Å². The summed E-state index contributed by atoms with van der Waals surface area (Å²) in [6, 6.07) is 9.26. The normalized spacial score (nSPS) is 10.3. The average Bonchev–Trinajstić information content (AvgIpc) is 2.42. The van der Waals surface area contributed by atoms with Gasteiger partial charge < -0.3 is 9.84 Å². The summed E-state index contributed by atoms with van der Waals surface area (Å²) in [5, 5.41) is 20.6. The highest BCUT2D eigenvalue weighted by Gasteiger charge is 2.17. The van der Waals surface area contributed by atoms with Gasteiger partial charge in [0.25, 0.3) is 5.69 Å². The lowest BCUT2D eigenvalue weighted by Crippen LogP contribution is -1.95. The minimum atomic E-state index is -0.508. The molecule has 2 aromatic rings. The van der Waals surface area contributed by atoms with Gasteiger partial charge >= 0.3 is 0 Å². The molecule has 0 aliphatic heterocycles. The minimum absolute atomic E-state index is 0.0954. The van der Waals surface area contributed by atoms with Crippen molar-refractivity contribution in [3.05, 3.63) is 61.6 Å². The van der Waals surface area contributed by atoms with E-state index in [0.29, 0.717) is 16.3 Å². The second-order valence-electron chi connectivity index (χ2n) is 3.86. The third kappa shape index (κ3) is 3.09. The van der Waals surface area contributed by atoms with Crippen molar-refractivity contribution in [2.45, 2.75) is 6.61 Å². The molecule has 0 aliphatic carbocycles. The van der Waals surface area contributed by atoms with Crippen LogP contribution in [0.3, 0.4) is 0 Å². The molecule has 7 heteroatoms. The summed E-state index contributed by atoms with van der Waals surface area (Å²) in [6.07, 6.45) is 0. The van der Waals surface area contributed by atoms with E-state index in [-0.39, 0.29) is 22.5 Å². The minimum Gasteiger partial charge on any atom is -0.456 e. The number of hydrogen-bond acceptors (Lipinski definition) is 4. The molecule has 20 heavy (non-hydrogen) atoms. The predicted octanol–water partition coefficient (Wildman–Crippen LogP) is 4.30. The SMILES string of the molecule is O=[N+]([O-])c1cccc(Oc2ccc(Cl)cc2CO)c1Br. The Bertz CT molecular complexity index is 663. The molecule has 0 spiro atoms. The van der Waals surface area contributed by atoms with E-state index in [0.717, 1.165) is 0 Å². The standard InChI is InChI=1S/C13H9BrClNO4/c14-13-10(16(18)19)2-1-3-12(13)20-11-5-4-9(15)6-8(11)7-17/h1-6,17H,7H2. The maximum atomic E-state index is 10.9. The van der Waals surface area contributed by atoms with Crippen LogP contribution in [-0.4, -0.2) is 10.0 Å². The monoisotopic (exact) mass is 357 g/mol. The third-order valence-electron chi connectivity index (χ3n) is 2.55. The molecular formula is C13H9BrClNO4. The first-order valence-electron chi connectivity index (χ1n) is 5.53. The van der Waals surface area contributed by atoms with Gasteiger partial charge in [0.2, 0.25) is 0 Å². The Balaban J connectivity index is 2.40. The molecule has 0 aromatic heterocycles. The number of aliphatic hydroxyl groups is 1. The van der Waals surface area contributed by atoms with E-state index in [9.17, 15) is 15.2 Å². The van der Waals surface area contributed by atoms with Crippen molar-refractivity contribution < 1.29 is 14.8 Å². The smallest absolute Gasteiger partial charge is 0.287 e. The van der Waals surface area contributed by atoms with Gasteiger partial charge in [-0.15, -0.1) is 0 Å². The molecular weight excluding hydrogens is 350 g/mol. The molecule has 0 amide bonds. The van der Waals surface area contributed by atoms with Crippen LogP contribution in [0.5, 0.6) is 11.5 Å². The predicted molar refractivity (Wildman–Crippen MR) is 78.2 cm³/mol. The lowest BCUT2D eigenvalue weighted by atomic mass is 10.2. The quantitative estimate of drug-likeness (QED) is 0.653. The van der Waals surface area contributed by atoms with Crippen LogP contribution in [0, 0.1) is 10.1 Å². The number of nitro benzene ring substituents is 1. The molecule has 1 N–H and O–H groups in total. The number of rotatable bonds is 4. The lowest BCUT2D eigenvalue weighted by molar-refractivity contribution is -0.385. The molecule has 0 fully saturated rings. The molecule has 0 aliphatic rings. The number of halogens is 2. The van der Waals surface area contributed by atoms with E-state index in [1.807, 2.05) is 0 Å². The Morgan fingerprint density at radius 1 is 1.30 bits per heavy atom. The van der Waals surface area contributed by atoms with Crippen LogP contribution >= 0.6 is 27.5 Å². The molecule has 0 radical (unpaired) electrons. The molecule has 0 saturated heterocycles. The number of benzene rings is 2. The summed E-state index contributed by atoms with van der Waals surface area (Å²) in [5.41, 5.74) is 0.401. The largest absolute Gasteiger partial charge is 0.456 e. The highest BCUT2D eigenvalue weighted by Crippen LogP contribution is 2.37. The Labute approximate surface area is 128 Å². The van der Waals surface area contributed by atoms with Gasteiger partial charge in [-0.25, -0.2) is 0 Å². The van der Waals surface area contributed by atoms with Crippen molar-refractivity contribution in [1.82, 2.24) is 0 Å². The van der Waals surface area contributed by atoms with Gasteiger partial charge in [-0.3, -0.25) is 10.1 Å². The van der Waals surface area contributed by atoms with E-state index in [1.54, 1.807) is 24.3 Å². The number of ether oxygens (including phenoxy) is 1. The van der Waals surface area contributed by atoms with E-state index < -0.39 is 4.92 Å². The highest BCUT2D eigenvalue weighted by atomic mass is 79.9. The topological polar surface area (TPSA) is 72.6 Å². The summed E-state index contributed by atoms with van der Waals surface area (Å²) in [4.78, 5) is 10.3. The van der Waals surface area contributed by atoms with E-state index in [4.69, 9.17) is 16.3 Å². The molecule has 5 nitrogen and oxygen atoms in total. The lowest BCUT2D eigenvalue weighted by Gasteiger charge is -2.11. The summed E-state index contributed by atoms with van der Waals surface area (Å²) in [5.74, 6) is 0.675. The van der Waals surface area contributed by atoms with Crippen LogP contribution in [-0.2, 0) is 6.61 Å². The number of nitrogens with zero attached hydrogens (tertiary/aromatic N) is 1. The zero-order valence-electron chi connectivity index (χ0n) is 10.0. The Morgan fingerprint density at radius 2 is 2.05 bits per heavy atom. The van der Waals surface area contributed by atoms with Crippen LogP contribution in [0.1, 0.15) is 5.56 Å². The van der Waals surface area contributed by atoms with Gasteiger partial charge in [-0.2, -0.15) is 0 Å². The fourth-order valence-electron chi connectivity index (χ4n) is 1.61. The summed E-state index contributed by atoms with van der Waals surface area (Å²) in [7, 11) is 0. The first-order valence-corrected chi connectivity index (χ1v) is 6.70. The Morgan fingerprint density at radius 3 is 2.70 bits per heavy atom. The Kier molecular flexibility index (Phi) is 4.59. The molecule has 0 bridgehead atoms. The van der Waals surface area contributed by atoms with Crippen LogP contribution in [0.25, 0.3) is 0 Å². The van der Waals surface area contributed by atoms with Gasteiger partial charge in [-0.05, 0) is 40.2 Å². The Hall–Kier alpha value is -1.63. The van der Waals surface area contributed by atoms with Crippen molar-refractivity contribution in [3.63, 3.8) is 0 Å². The number of aliphatic hydroxyl groups excluding tert-OH is 1. The van der Waals surface area contributed by atoms with Crippen LogP contribution < -0.4 is 4.74 Å². The van der Waals surface area contributed by atoms with Crippen molar-refractivity contribution in [1.29, 1.82) is 0 Å². The second kappa shape index (κ2) is 6.21. The summed E-state index contributed by atoms with van der Waals surface area (Å²) >= 11 is 8.98. The zero-order chi connectivity index (χ0) is 14.7. The highest BCUT2D eigenvalue weighted by molar-refractivity contribution is 9.10. The molecule has 0 saturated carbocycles. The molecule has 2 aromatic carbocycles. The average molecular weight is 359 g/mol. The van der Waals surface area contributed by atoms with Crippen molar-refractivity contribution in [2.75, 3.05) is 0 Å². The van der Waals surface area contributed by atoms with Crippen LogP contribution in [0.2, 0.25) is 5.02 Å². The van der Waals surface area contributed by atoms with Crippen molar-refractivity contribution in [2.24, 2.45) is 0 Å². The van der Waals surface area contributed by atoms with E-state index in [2.05, 4.69) is 15.9 Å². The second-order valence-corrected chi connectivity index (χ2v) is 5.09. The molecule has 2 rings (SSSR count). The summed E-state index contributed by atoms with van der Waals surface area (Å²) in [6.45, 7) is -0.248. The van der Waals surface area contributed by atoms with Gasteiger partial charge in [-0.1, -0.05) is 17.7 Å². The molecule has 0 unspecified atom stereocenters. The van der Waals surface area contributed by atoms with Gasteiger partial charge in [0.1, 0.15) is 16.0 Å². The van der Waals surface area contributed by atoms with Crippen LogP contribution in [0.15, 0.2) is 40.9 Å². The first-order chi connectivity index (χ1) is 9.52. The molecule has 0 heterocycles. The fraction of sp³-hybridized carbons (Fsp3) is 0.0769. The maximum absolute atomic E-state index is 10.9. The third-order valence-corrected chi connectivity index (χ3v) is 3.58. The fourth-order valence-corrected chi connectivity index (χ4v) is 2.29. The van der Waals surface area contributed by atoms with Crippen molar-refractivity contribution in [3.8, 4) is 11.5 Å².